The van der Waals surface area contributed by atoms with E-state index in [0.717, 1.165) is 27.5 Å². The molecule has 1 aliphatic rings. The molecule has 1 fully saturated rings. The summed E-state index contributed by atoms with van der Waals surface area (Å²) in [4.78, 5) is 26.1. The zero-order chi connectivity index (χ0) is 22.0. The number of aromatic nitrogens is 3. The molecule has 2 aromatic carbocycles. The van der Waals surface area contributed by atoms with Crippen LogP contribution in [0.15, 0.2) is 73.2 Å². The maximum Gasteiger partial charge on any atom is 0.236 e. The van der Waals surface area contributed by atoms with Crippen molar-refractivity contribution in [3.05, 3.63) is 78.8 Å². The summed E-state index contributed by atoms with van der Waals surface area (Å²) in [6, 6.07) is 17.9. The van der Waals surface area contributed by atoms with Crippen LogP contribution >= 0.6 is 0 Å². The van der Waals surface area contributed by atoms with E-state index in [-0.39, 0.29) is 11.9 Å². The van der Waals surface area contributed by atoms with E-state index in [4.69, 9.17) is 10.5 Å². The Bertz CT molecular complexity index is 1250. The third-order valence-electron chi connectivity index (χ3n) is 6.10. The molecular weight excluding hydrogens is 402 g/mol. The Hall–Kier alpha value is -3.84. The number of nitrogens with one attached hydrogen (secondary N) is 1. The molecule has 0 saturated carbocycles. The lowest BCUT2D eigenvalue weighted by molar-refractivity contribution is -0.125. The Morgan fingerprint density at radius 2 is 1.56 bits per heavy atom. The van der Waals surface area contributed by atoms with Gasteiger partial charge in [0.1, 0.15) is 5.82 Å². The summed E-state index contributed by atoms with van der Waals surface area (Å²) in [6.45, 7) is 1.07. The average Bonchev–Trinajstić information content (AvgIpc) is 2.85. The highest BCUT2D eigenvalue weighted by Crippen LogP contribution is 2.37. The van der Waals surface area contributed by atoms with Crippen LogP contribution in [0.1, 0.15) is 18.4 Å². The number of nitrogens with two attached hydrogens (primary N) is 1. The molecule has 1 aliphatic heterocycles. The van der Waals surface area contributed by atoms with Crippen molar-refractivity contribution in [3.8, 4) is 11.1 Å². The molecule has 0 radical (unpaired) electrons. The number of amides is 1. The fourth-order valence-electron chi connectivity index (χ4n) is 4.22. The van der Waals surface area contributed by atoms with Crippen molar-refractivity contribution in [2.75, 3.05) is 24.3 Å². The summed E-state index contributed by atoms with van der Waals surface area (Å²) in [5.41, 5.74) is 7.70. The Morgan fingerprint density at radius 3 is 2.28 bits per heavy atom. The van der Waals surface area contributed by atoms with Crippen molar-refractivity contribution in [1.82, 2.24) is 15.0 Å². The number of hydrogen-bond acceptors (Lipinski definition) is 6. The topological polar surface area (TPSA) is 103 Å². The van der Waals surface area contributed by atoms with Crippen molar-refractivity contribution < 1.29 is 9.53 Å². The summed E-state index contributed by atoms with van der Waals surface area (Å²) >= 11 is 0. The van der Waals surface area contributed by atoms with E-state index in [0.29, 0.717) is 31.9 Å². The number of carbonyl (C=O) groups excluding carboxylic acids is 1. The van der Waals surface area contributed by atoms with Crippen LogP contribution in [0.4, 0.5) is 11.8 Å². The second-order valence-electron chi connectivity index (χ2n) is 7.97. The molecule has 0 atom stereocenters. The first-order valence-corrected chi connectivity index (χ1v) is 10.6. The van der Waals surface area contributed by atoms with E-state index in [1.807, 2.05) is 54.6 Å². The molecule has 3 N–H and O–H groups in total. The number of anilines is 2. The van der Waals surface area contributed by atoms with E-state index < -0.39 is 5.41 Å². The second-order valence-corrected chi connectivity index (χ2v) is 7.97. The van der Waals surface area contributed by atoms with Gasteiger partial charge in [-0.2, -0.15) is 0 Å². The van der Waals surface area contributed by atoms with E-state index in [2.05, 4.69) is 20.3 Å². The van der Waals surface area contributed by atoms with Gasteiger partial charge < -0.3 is 15.8 Å². The standard InChI is InChI=1S/C25H23N5O2/c26-24-28-15-20(16-29-24)17-5-7-21(8-6-17)25(9-11-32-12-10-25)23(31)30-22-13-18-3-1-2-4-19(18)14-27-22/h1-8,13-16H,9-12H2,(H2,26,28,29)(H,27,30,31). The summed E-state index contributed by atoms with van der Waals surface area (Å²) in [5, 5.41) is 5.13. The van der Waals surface area contributed by atoms with Crippen LogP contribution < -0.4 is 11.1 Å². The van der Waals surface area contributed by atoms with Crippen LogP contribution in [0.5, 0.6) is 0 Å². The van der Waals surface area contributed by atoms with Gasteiger partial charge in [-0.1, -0.05) is 48.5 Å². The third kappa shape index (κ3) is 3.78. The van der Waals surface area contributed by atoms with Gasteiger partial charge in [0.25, 0.3) is 0 Å². The number of carbonyl (C=O) groups is 1. The first kappa shape index (κ1) is 20.1. The molecule has 0 unspecified atom stereocenters. The van der Waals surface area contributed by atoms with E-state index in [1.54, 1.807) is 18.6 Å². The molecule has 0 bridgehead atoms. The third-order valence-corrected chi connectivity index (χ3v) is 6.10. The first-order chi connectivity index (χ1) is 15.6. The number of rotatable bonds is 4. The van der Waals surface area contributed by atoms with Gasteiger partial charge in [-0.15, -0.1) is 0 Å². The van der Waals surface area contributed by atoms with E-state index >= 15 is 0 Å². The smallest absolute Gasteiger partial charge is 0.236 e. The minimum absolute atomic E-state index is 0.0628. The van der Waals surface area contributed by atoms with Crippen molar-refractivity contribution in [3.63, 3.8) is 0 Å². The van der Waals surface area contributed by atoms with Gasteiger partial charge in [0, 0.05) is 42.8 Å². The summed E-state index contributed by atoms with van der Waals surface area (Å²) in [6.07, 6.45) is 6.39. The molecule has 7 heteroatoms. The number of nitrogen functional groups attached to an aromatic ring is 1. The maximum atomic E-state index is 13.6. The number of pyridine rings is 1. The highest BCUT2D eigenvalue weighted by Gasteiger charge is 2.42. The Labute approximate surface area is 185 Å². The van der Waals surface area contributed by atoms with Crippen LogP contribution in [0.3, 0.4) is 0 Å². The molecule has 32 heavy (non-hydrogen) atoms. The second kappa shape index (κ2) is 8.36. The van der Waals surface area contributed by atoms with Gasteiger partial charge in [0.05, 0.1) is 5.41 Å². The average molecular weight is 425 g/mol. The highest BCUT2D eigenvalue weighted by atomic mass is 16.5. The zero-order valence-corrected chi connectivity index (χ0v) is 17.5. The molecule has 160 valence electrons. The largest absolute Gasteiger partial charge is 0.381 e. The van der Waals surface area contributed by atoms with Gasteiger partial charge in [0.2, 0.25) is 11.9 Å². The van der Waals surface area contributed by atoms with E-state index in [9.17, 15) is 4.79 Å². The lowest BCUT2D eigenvalue weighted by Crippen LogP contribution is -2.45. The molecule has 7 nitrogen and oxygen atoms in total. The fourth-order valence-corrected chi connectivity index (χ4v) is 4.22. The highest BCUT2D eigenvalue weighted by molar-refractivity contribution is 6.00. The Morgan fingerprint density at radius 1 is 0.875 bits per heavy atom. The van der Waals surface area contributed by atoms with Crippen molar-refractivity contribution in [2.24, 2.45) is 0 Å². The summed E-state index contributed by atoms with van der Waals surface area (Å²) in [7, 11) is 0. The zero-order valence-electron chi connectivity index (χ0n) is 17.5. The predicted molar refractivity (Wildman–Crippen MR) is 124 cm³/mol. The van der Waals surface area contributed by atoms with Gasteiger partial charge in [-0.3, -0.25) is 4.79 Å². The molecule has 4 aromatic rings. The fraction of sp³-hybridized carbons (Fsp3) is 0.200. The lowest BCUT2D eigenvalue weighted by Gasteiger charge is -2.36. The SMILES string of the molecule is Nc1ncc(-c2ccc(C3(C(=O)Nc4cc5ccccc5cn4)CCOCC3)cc2)cn1. The number of fused-ring (bicyclic) bond motifs is 1. The number of hydrogen-bond donors (Lipinski definition) is 2. The molecule has 1 amide bonds. The Kier molecular flexibility index (Phi) is 5.25. The molecule has 0 aliphatic carbocycles. The monoisotopic (exact) mass is 425 g/mol. The van der Waals surface area contributed by atoms with Crippen molar-refractivity contribution in [1.29, 1.82) is 0 Å². The normalized spacial score (nSPS) is 15.4. The van der Waals surface area contributed by atoms with Gasteiger partial charge in [-0.05, 0) is 35.4 Å². The van der Waals surface area contributed by atoms with Gasteiger partial charge in [0.15, 0.2) is 0 Å². The molecule has 2 aromatic heterocycles. The van der Waals surface area contributed by atoms with Gasteiger partial charge in [-0.25, -0.2) is 15.0 Å². The maximum absolute atomic E-state index is 13.6. The van der Waals surface area contributed by atoms with Crippen LogP contribution in [-0.4, -0.2) is 34.1 Å². The first-order valence-electron chi connectivity index (χ1n) is 10.6. The minimum Gasteiger partial charge on any atom is -0.381 e. The van der Waals surface area contributed by atoms with Crippen molar-refractivity contribution in [2.45, 2.75) is 18.3 Å². The van der Waals surface area contributed by atoms with Crippen LogP contribution in [-0.2, 0) is 14.9 Å². The molecule has 1 saturated heterocycles. The molecule has 5 rings (SSSR count). The number of nitrogens with zero attached hydrogens (tertiary/aromatic N) is 3. The number of benzene rings is 2. The van der Waals surface area contributed by atoms with Crippen LogP contribution in [0.2, 0.25) is 0 Å². The Balaban J connectivity index is 1.44. The molecule has 0 spiro atoms. The van der Waals surface area contributed by atoms with Gasteiger partial charge >= 0.3 is 0 Å². The summed E-state index contributed by atoms with van der Waals surface area (Å²) in [5.74, 6) is 0.729. The predicted octanol–water partition coefficient (Wildman–Crippen LogP) is 3.96. The molecule has 3 heterocycles. The lowest BCUT2D eigenvalue weighted by atomic mass is 9.73. The number of ether oxygens (including phenoxy) is 1. The van der Waals surface area contributed by atoms with Crippen molar-refractivity contribution >= 4 is 28.4 Å². The minimum atomic E-state index is -0.679. The summed E-state index contributed by atoms with van der Waals surface area (Å²) < 4.78 is 5.58. The molecular formula is C25H23N5O2. The van der Waals surface area contributed by atoms with Crippen LogP contribution in [0, 0.1) is 0 Å². The van der Waals surface area contributed by atoms with Crippen LogP contribution in [0.25, 0.3) is 21.9 Å². The quantitative estimate of drug-likeness (QED) is 0.513. The van der Waals surface area contributed by atoms with E-state index in [1.165, 1.54) is 0 Å².